The first-order chi connectivity index (χ1) is 14.0. The molecule has 0 bridgehead atoms. The summed E-state index contributed by atoms with van der Waals surface area (Å²) in [7, 11) is 1.95. The van der Waals surface area contributed by atoms with Crippen LogP contribution in [0, 0.1) is 13.8 Å². The fourth-order valence-corrected chi connectivity index (χ4v) is 3.65. The van der Waals surface area contributed by atoms with E-state index in [0.29, 0.717) is 19.7 Å². The van der Waals surface area contributed by atoms with E-state index in [1.54, 1.807) is 0 Å². The third kappa shape index (κ3) is 4.11. The van der Waals surface area contributed by atoms with Gasteiger partial charge in [-0.3, -0.25) is 4.68 Å². The summed E-state index contributed by atoms with van der Waals surface area (Å²) in [5, 5.41) is 7.66. The van der Waals surface area contributed by atoms with E-state index in [1.165, 1.54) is 11.3 Å². The van der Waals surface area contributed by atoms with E-state index >= 15 is 0 Å². The number of aryl methyl sites for hydroxylation is 3. The van der Waals surface area contributed by atoms with Crippen molar-refractivity contribution >= 4 is 11.7 Å². The van der Waals surface area contributed by atoms with Crippen LogP contribution in [0.15, 0.2) is 48.5 Å². The highest BCUT2D eigenvalue weighted by molar-refractivity contribution is 5.89. The van der Waals surface area contributed by atoms with Crippen molar-refractivity contribution in [1.82, 2.24) is 14.7 Å². The first-order valence-electron chi connectivity index (χ1n) is 9.86. The van der Waals surface area contributed by atoms with Crippen LogP contribution in [-0.4, -0.2) is 27.3 Å². The normalized spacial score (nSPS) is 13.1. The van der Waals surface area contributed by atoms with Crippen LogP contribution in [0.1, 0.15) is 28.1 Å². The lowest BCUT2D eigenvalue weighted by atomic mass is 10.1. The topological polar surface area (TPSA) is 59.4 Å². The number of rotatable bonds is 4. The fraction of sp³-hybridized carbons (Fsp3) is 0.304. The first-order valence-corrected chi connectivity index (χ1v) is 9.86. The average Bonchev–Trinajstić information content (AvgIpc) is 3.05. The largest absolute Gasteiger partial charge is 0.487 e. The molecular weight excluding hydrogens is 364 g/mol. The van der Waals surface area contributed by atoms with Gasteiger partial charge in [0.05, 0.1) is 6.54 Å². The Balaban J connectivity index is 1.46. The first kappa shape index (κ1) is 19.1. The number of carbonyl (C=O) groups is 1. The Morgan fingerprint density at radius 2 is 1.93 bits per heavy atom. The fourth-order valence-electron chi connectivity index (χ4n) is 3.65. The molecule has 0 saturated carbocycles. The summed E-state index contributed by atoms with van der Waals surface area (Å²) in [6.07, 6.45) is 0.782. The second-order valence-corrected chi connectivity index (χ2v) is 7.50. The molecule has 6 nitrogen and oxygen atoms in total. The Bertz CT molecular complexity index is 1030. The van der Waals surface area contributed by atoms with Gasteiger partial charge < -0.3 is 15.0 Å². The maximum atomic E-state index is 12.8. The molecule has 2 heterocycles. The summed E-state index contributed by atoms with van der Waals surface area (Å²) in [5.41, 5.74) is 6.34. The average molecular weight is 390 g/mol. The van der Waals surface area contributed by atoms with Crippen molar-refractivity contribution in [2.24, 2.45) is 7.05 Å². The lowest BCUT2D eigenvalue weighted by Crippen LogP contribution is -2.39. The van der Waals surface area contributed by atoms with E-state index < -0.39 is 0 Å². The summed E-state index contributed by atoms with van der Waals surface area (Å²) in [4.78, 5) is 14.7. The zero-order chi connectivity index (χ0) is 20.4. The molecule has 0 radical (unpaired) electrons. The summed E-state index contributed by atoms with van der Waals surface area (Å²) in [5.74, 6) is 0.812. The molecule has 1 aliphatic heterocycles. The number of amides is 2. The highest BCUT2D eigenvalue weighted by atomic mass is 16.5. The minimum absolute atomic E-state index is 0.0855. The molecule has 1 aliphatic rings. The SMILES string of the molecule is Cc1ccc(NC(=O)N2CCc3c(c(COc4ccccc4)nn3C)C2)cc1C. The van der Waals surface area contributed by atoms with Crippen molar-refractivity contribution < 1.29 is 9.53 Å². The number of aromatic nitrogens is 2. The monoisotopic (exact) mass is 390 g/mol. The van der Waals surface area contributed by atoms with Gasteiger partial charge in [-0.25, -0.2) is 4.79 Å². The number of fused-ring (bicyclic) bond motifs is 1. The molecule has 1 aromatic heterocycles. The predicted molar refractivity (Wildman–Crippen MR) is 113 cm³/mol. The van der Waals surface area contributed by atoms with Crippen molar-refractivity contribution in [3.05, 3.63) is 76.6 Å². The Hall–Kier alpha value is -3.28. The Labute approximate surface area is 171 Å². The minimum atomic E-state index is -0.0855. The van der Waals surface area contributed by atoms with Gasteiger partial charge in [-0.15, -0.1) is 0 Å². The summed E-state index contributed by atoms with van der Waals surface area (Å²) in [6, 6.07) is 15.6. The van der Waals surface area contributed by atoms with Crippen LogP contribution in [-0.2, 0) is 26.6 Å². The van der Waals surface area contributed by atoms with E-state index in [1.807, 2.05) is 72.1 Å². The van der Waals surface area contributed by atoms with Crippen LogP contribution >= 0.6 is 0 Å². The van der Waals surface area contributed by atoms with Gasteiger partial charge in [-0.1, -0.05) is 24.3 Å². The van der Waals surface area contributed by atoms with E-state index in [4.69, 9.17) is 4.74 Å². The highest BCUT2D eigenvalue weighted by Crippen LogP contribution is 2.24. The van der Waals surface area contributed by atoms with Crippen LogP contribution in [0.3, 0.4) is 0 Å². The number of urea groups is 1. The number of nitrogens with zero attached hydrogens (tertiary/aromatic N) is 3. The van der Waals surface area contributed by atoms with Crippen molar-refractivity contribution in [2.75, 3.05) is 11.9 Å². The molecule has 4 rings (SSSR count). The molecule has 1 N–H and O–H groups in total. The molecular formula is C23H26N4O2. The van der Waals surface area contributed by atoms with Gasteiger partial charge in [0, 0.05) is 37.0 Å². The molecule has 3 aromatic rings. The molecule has 150 valence electrons. The Morgan fingerprint density at radius 1 is 1.14 bits per heavy atom. The second-order valence-electron chi connectivity index (χ2n) is 7.50. The third-order valence-corrected chi connectivity index (χ3v) is 5.49. The Kier molecular flexibility index (Phi) is 5.25. The van der Waals surface area contributed by atoms with Gasteiger partial charge in [0.15, 0.2) is 0 Å². The quantitative estimate of drug-likeness (QED) is 0.726. The van der Waals surface area contributed by atoms with E-state index in [9.17, 15) is 4.79 Å². The molecule has 29 heavy (non-hydrogen) atoms. The van der Waals surface area contributed by atoms with Crippen molar-refractivity contribution in [2.45, 2.75) is 33.4 Å². The lowest BCUT2D eigenvalue weighted by molar-refractivity contribution is 0.205. The summed E-state index contributed by atoms with van der Waals surface area (Å²) in [6.45, 7) is 5.71. The zero-order valence-electron chi connectivity index (χ0n) is 17.1. The van der Waals surface area contributed by atoms with Gasteiger partial charge in [0.25, 0.3) is 0 Å². The molecule has 6 heteroatoms. The molecule has 0 saturated heterocycles. The zero-order valence-corrected chi connectivity index (χ0v) is 17.1. The number of anilines is 1. The standard InChI is InChI=1S/C23H26N4O2/c1-16-9-10-18(13-17(16)2)24-23(28)27-12-11-22-20(14-27)21(25-26(22)3)15-29-19-7-5-4-6-8-19/h4-10,13H,11-12,14-15H2,1-3H3,(H,24,28). The molecule has 0 aliphatic carbocycles. The van der Waals surface area contributed by atoms with Crippen LogP contribution in [0.5, 0.6) is 5.75 Å². The van der Waals surface area contributed by atoms with Gasteiger partial charge in [0.1, 0.15) is 18.1 Å². The second kappa shape index (κ2) is 7.99. The molecule has 0 atom stereocenters. The van der Waals surface area contributed by atoms with Gasteiger partial charge in [-0.2, -0.15) is 5.10 Å². The minimum Gasteiger partial charge on any atom is -0.487 e. The predicted octanol–water partition coefficient (Wildman–Crippen LogP) is 4.21. The number of para-hydroxylation sites is 1. The number of ether oxygens (including phenoxy) is 1. The van der Waals surface area contributed by atoms with Crippen LogP contribution < -0.4 is 10.1 Å². The number of hydrogen-bond donors (Lipinski definition) is 1. The van der Waals surface area contributed by atoms with E-state index in [0.717, 1.165) is 34.7 Å². The van der Waals surface area contributed by atoms with Crippen molar-refractivity contribution in [1.29, 1.82) is 0 Å². The number of carbonyl (C=O) groups excluding carboxylic acids is 1. The number of nitrogens with one attached hydrogen (secondary N) is 1. The van der Waals surface area contributed by atoms with Crippen LogP contribution in [0.25, 0.3) is 0 Å². The summed E-state index contributed by atoms with van der Waals surface area (Å²) < 4.78 is 7.81. The van der Waals surface area contributed by atoms with Crippen LogP contribution in [0.4, 0.5) is 10.5 Å². The summed E-state index contributed by atoms with van der Waals surface area (Å²) >= 11 is 0. The molecule has 2 aromatic carbocycles. The van der Waals surface area contributed by atoms with Gasteiger partial charge in [0.2, 0.25) is 0 Å². The highest BCUT2D eigenvalue weighted by Gasteiger charge is 2.27. The van der Waals surface area contributed by atoms with Gasteiger partial charge >= 0.3 is 6.03 Å². The van der Waals surface area contributed by atoms with Gasteiger partial charge in [-0.05, 0) is 49.2 Å². The smallest absolute Gasteiger partial charge is 0.322 e. The van der Waals surface area contributed by atoms with Crippen molar-refractivity contribution in [3.63, 3.8) is 0 Å². The number of hydrogen-bond acceptors (Lipinski definition) is 3. The Morgan fingerprint density at radius 3 is 2.69 bits per heavy atom. The van der Waals surface area contributed by atoms with E-state index in [-0.39, 0.29) is 6.03 Å². The number of benzene rings is 2. The van der Waals surface area contributed by atoms with Crippen molar-refractivity contribution in [3.8, 4) is 5.75 Å². The molecule has 2 amide bonds. The maximum absolute atomic E-state index is 12.8. The lowest BCUT2D eigenvalue weighted by Gasteiger charge is -2.28. The molecule has 0 unspecified atom stereocenters. The third-order valence-electron chi connectivity index (χ3n) is 5.49. The van der Waals surface area contributed by atoms with Crippen LogP contribution in [0.2, 0.25) is 0 Å². The van der Waals surface area contributed by atoms with E-state index in [2.05, 4.69) is 17.3 Å². The molecule has 0 spiro atoms. The molecule has 0 fully saturated rings. The maximum Gasteiger partial charge on any atom is 0.322 e.